The Balaban J connectivity index is 1.50. The van der Waals surface area contributed by atoms with Crippen LogP contribution in [0.3, 0.4) is 0 Å². The van der Waals surface area contributed by atoms with E-state index in [0.29, 0.717) is 33.6 Å². The molecule has 0 amide bonds. The van der Waals surface area contributed by atoms with Crippen LogP contribution in [-0.2, 0) is 16.6 Å². The van der Waals surface area contributed by atoms with Crippen LogP contribution in [0.1, 0.15) is 5.56 Å². The number of hydrogen-bond donors (Lipinski definition) is 4. The van der Waals surface area contributed by atoms with Gasteiger partial charge in [-0.1, -0.05) is 24.3 Å². The molecule has 0 bridgehead atoms. The second kappa shape index (κ2) is 9.96. The van der Waals surface area contributed by atoms with Gasteiger partial charge in [-0.25, -0.2) is 18.5 Å². The zero-order valence-electron chi connectivity index (χ0n) is 20.8. The SMILES string of the molecule is COc1ccc(Cn2nnc(-c3c(-c4ccc5nc(N)[nH]c5c4)ccc(SC4CNC4)c3S(N)(=O)=O)n2)cc1. The van der Waals surface area contributed by atoms with Gasteiger partial charge in [0.05, 0.1) is 30.3 Å². The van der Waals surface area contributed by atoms with E-state index in [2.05, 4.69) is 30.7 Å². The van der Waals surface area contributed by atoms with E-state index < -0.39 is 10.0 Å². The number of primary sulfonamides is 1. The molecule has 0 unspecified atom stereocenters. The van der Waals surface area contributed by atoms with Crippen LogP contribution >= 0.6 is 11.8 Å². The van der Waals surface area contributed by atoms with E-state index >= 15 is 0 Å². The van der Waals surface area contributed by atoms with Crippen molar-refractivity contribution in [1.29, 1.82) is 0 Å². The number of H-pyrrole nitrogens is 1. The molecule has 6 rings (SSSR count). The number of ether oxygens (including phenoxy) is 1. The van der Waals surface area contributed by atoms with Crippen molar-refractivity contribution in [1.82, 2.24) is 35.5 Å². The number of methoxy groups -OCH3 is 1. The van der Waals surface area contributed by atoms with Gasteiger partial charge in [-0.15, -0.1) is 22.0 Å². The van der Waals surface area contributed by atoms with Gasteiger partial charge in [0.1, 0.15) is 10.6 Å². The molecule has 200 valence electrons. The summed E-state index contributed by atoms with van der Waals surface area (Å²) >= 11 is 1.47. The van der Waals surface area contributed by atoms with Crippen molar-refractivity contribution in [3.63, 3.8) is 0 Å². The Kier molecular flexibility index (Phi) is 6.46. The van der Waals surface area contributed by atoms with Crippen LogP contribution in [0.25, 0.3) is 33.5 Å². The molecule has 6 N–H and O–H groups in total. The number of benzene rings is 3. The minimum absolute atomic E-state index is 0.0230. The minimum atomic E-state index is -4.18. The second-order valence-electron chi connectivity index (χ2n) is 9.10. The van der Waals surface area contributed by atoms with Crippen molar-refractivity contribution in [2.45, 2.75) is 21.6 Å². The molecule has 14 heteroatoms. The average Bonchev–Trinajstić information content (AvgIpc) is 3.50. The second-order valence-corrected chi connectivity index (χ2v) is 11.9. The third kappa shape index (κ3) is 5.06. The first-order valence-corrected chi connectivity index (χ1v) is 14.4. The Morgan fingerprint density at radius 3 is 2.62 bits per heavy atom. The predicted octanol–water partition coefficient (Wildman–Crippen LogP) is 2.23. The molecule has 3 heterocycles. The van der Waals surface area contributed by atoms with Gasteiger partial charge in [0.2, 0.25) is 15.8 Å². The fourth-order valence-electron chi connectivity index (χ4n) is 4.43. The van der Waals surface area contributed by atoms with Crippen molar-refractivity contribution < 1.29 is 13.2 Å². The first-order valence-electron chi connectivity index (χ1n) is 12.0. The van der Waals surface area contributed by atoms with E-state index in [-0.39, 0.29) is 21.9 Å². The van der Waals surface area contributed by atoms with E-state index in [0.717, 1.165) is 30.0 Å². The Morgan fingerprint density at radius 2 is 1.92 bits per heavy atom. The highest BCUT2D eigenvalue weighted by Crippen LogP contribution is 2.42. The summed E-state index contributed by atoms with van der Waals surface area (Å²) in [5.41, 5.74) is 9.78. The topological polar surface area (TPSA) is 180 Å². The Bertz CT molecular complexity index is 1780. The Morgan fingerprint density at radius 1 is 1.13 bits per heavy atom. The highest BCUT2D eigenvalue weighted by molar-refractivity contribution is 8.00. The number of anilines is 1. The number of nitrogens with two attached hydrogens (primary N) is 2. The first-order chi connectivity index (χ1) is 18.8. The highest BCUT2D eigenvalue weighted by Gasteiger charge is 2.30. The third-order valence-corrected chi connectivity index (χ3v) is 8.80. The van der Waals surface area contributed by atoms with Crippen molar-refractivity contribution in [2.75, 3.05) is 25.9 Å². The molecule has 3 aromatic carbocycles. The summed E-state index contributed by atoms with van der Waals surface area (Å²) in [5, 5.41) is 22.4. The van der Waals surface area contributed by atoms with Gasteiger partial charge < -0.3 is 20.8 Å². The quantitative estimate of drug-likeness (QED) is 0.219. The summed E-state index contributed by atoms with van der Waals surface area (Å²) in [6.45, 7) is 1.89. The standard InChI is InChI=1S/C25H25N9O3S2/c1-37-16-5-2-14(3-6-16)13-34-32-24(31-33-34)22-18(15-4-8-19-20(10-15)30-25(26)29-19)7-9-21(23(22)39(27,35)36)38-17-11-28-12-17/h2-10,17,28H,11-13H2,1H3,(H3,26,29,30)(H2,27,35,36). The van der Waals surface area contributed by atoms with Crippen LogP contribution in [0.15, 0.2) is 64.4 Å². The van der Waals surface area contributed by atoms with Gasteiger partial charge in [-0.2, -0.15) is 4.80 Å². The summed E-state index contributed by atoms with van der Waals surface area (Å²) in [5.74, 6) is 1.18. The molecular formula is C25H25N9O3S2. The molecule has 1 aliphatic heterocycles. The molecule has 1 saturated heterocycles. The summed E-state index contributed by atoms with van der Waals surface area (Å²) < 4.78 is 31.5. The van der Waals surface area contributed by atoms with Crippen molar-refractivity contribution in [3.05, 3.63) is 60.2 Å². The van der Waals surface area contributed by atoms with Gasteiger partial charge >= 0.3 is 0 Å². The van der Waals surface area contributed by atoms with Crippen molar-refractivity contribution in [3.8, 4) is 28.3 Å². The summed E-state index contributed by atoms with van der Waals surface area (Å²) in [6, 6.07) is 16.7. The molecule has 0 radical (unpaired) electrons. The van der Waals surface area contributed by atoms with Gasteiger partial charge in [-0.3, -0.25) is 0 Å². The van der Waals surface area contributed by atoms with Crippen LogP contribution in [0.2, 0.25) is 0 Å². The molecule has 12 nitrogen and oxygen atoms in total. The lowest BCUT2D eigenvalue weighted by atomic mass is 9.98. The lowest BCUT2D eigenvalue weighted by Crippen LogP contribution is -2.44. The maximum atomic E-state index is 13.1. The van der Waals surface area contributed by atoms with E-state index in [1.54, 1.807) is 13.2 Å². The van der Waals surface area contributed by atoms with E-state index in [1.165, 1.54) is 16.6 Å². The number of thioether (sulfide) groups is 1. The average molecular weight is 564 g/mol. The maximum Gasteiger partial charge on any atom is 0.239 e. The Hall–Kier alpha value is -3.98. The normalized spacial score (nSPS) is 14.0. The third-order valence-electron chi connectivity index (χ3n) is 6.41. The number of nitrogens with one attached hydrogen (secondary N) is 2. The first kappa shape index (κ1) is 25.3. The molecule has 1 fully saturated rings. The van der Waals surface area contributed by atoms with Crippen molar-refractivity contribution >= 4 is 38.8 Å². The maximum absolute atomic E-state index is 13.1. The van der Waals surface area contributed by atoms with Gasteiger partial charge in [0.15, 0.2) is 5.95 Å². The number of imidazole rings is 1. The number of hydrogen-bond acceptors (Lipinski definition) is 10. The number of aromatic amines is 1. The highest BCUT2D eigenvalue weighted by atomic mass is 32.2. The van der Waals surface area contributed by atoms with Gasteiger partial charge in [-0.05, 0) is 52.2 Å². The fraction of sp³-hybridized carbons (Fsp3) is 0.200. The van der Waals surface area contributed by atoms with E-state index in [4.69, 9.17) is 15.6 Å². The largest absolute Gasteiger partial charge is 0.497 e. The smallest absolute Gasteiger partial charge is 0.239 e. The van der Waals surface area contributed by atoms with Crippen LogP contribution < -0.4 is 20.9 Å². The van der Waals surface area contributed by atoms with E-state index in [9.17, 15) is 8.42 Å². The number of aromatic nitrogens is 6. The van der Waals surface area contributed by atoms with Crippen molar-refractivity contribution in [2.24, 2.45) is 5.14 Å². The summed E-state index contributed by atoms with van der Waals surface area (Å²) in [6.07, 6.45) is 0. The predicted molar refractivity (Wildman–Crippen MR) is 149 cm³/mol. The zero-order valence-corrected chi connectivity index (χ0v) is 22.5. The van der Waals surface area contributed by atoms with Crippen LogP contribution in [0.5, 0.6) is 5.75 Å². The molecule has 0 atom stereocenters. The number of nitrogens with zero attached hydrogens (tertiary/aromatic N) is 5. The molecule has 0 saturated carbocycles. The lowest BCUT2D eigenvalue weighted by Gasteiger charge is -2.27. The summed E-state index contributed by atoms with van der Waals surface area (Å²) in [4.78, 5) is 9.21. The molecule has 1 aliphatic rings. The monoisotopic (exact) mass is 563 g/mol. The van der Waals surface area contributed by atoms with Gasteiger partial charge in [0.25, 0.3) is 0 Å². The van der Waals surface area contributed by atoms with Gasteiger partial charge in [0, 0.05) is 23.2 Å². The number of tetrazole rings is 1. The fourth-order valence-corrected chi connectivity index (χ4v) is 6.87. The molecule has 0 spiro atoms. The lowest BCUT2D eigenvalue weighted by molar-refractivity contribution is 0.414. The van der Waals surface area contributed by atoms with Crippen LogP contribution in [0.4, 0.5) is 5.95 Å². The molecular weight excluding hydrogens is 538 g/mol. The Labute approximate surface area is 228 Å². The molecule has 39 heavy (non-hydrogen) atoms. The molecule has 5 aromatic rings. The van der Waals surface area contributed by atoms with E-state index in [1.807, 2.05) is 48.5 Å². The van der Waals surface area contributed by atoms with Crippen LogP contribution in [-0.4, -0.2) is 64.0 Å². The zero-order chi connectivity index (χ0) is 27.1. The number of nitrogen functional groups attached to an aromatic ring is 1. The minimum Gasteiger partial charge on any atom is -0.497 e. The summed E-state index contributed by atoms with van der Waals surface area (Å²) in [7, 11) is -2.58. The number of rotatable bonds is 8. The molecule has 2 aromatic heterocycles. The number of sulfonamides is 1. The molecule has 0 aliphatic carbocycles. The van der Waals surface area contributed by atoms with Crippen LogP contribution in [0, 0.1) is 0 Å². The number of fused-ring (bicyclic) bond motifs is 1.